The Morgan fingerprint density at radius 3 is 2.71 bits per heavy atom. The smallest absolute Gasteiger partial charge is 0.343 e. The lowest BCUT2D eigenvalue weighted by atomic mass is 9.77. The van der Waals surface area contributed by atoms with Gasteiger partial charge >= 0.3 is 5.97 Å². The average Bonchev–Trinajstić information content (AvgIpc) is 3.38. The van der Waals surface area contributed by atoms with Crippen molar-refractivity contribution in [2.75, 3.05) is 13.3 Å². The number of aliphatic hydroxyl groups is 1. The van der Waals surface area contributed by atoms with Crippen LogP contribution < -0.4 is 21.9 Å². The number of fused-ring (bicyclic) bond motifs is 5. The van der Waals surface area contributed by atoms with Gasteiger partial charge in [0.1, 0.15) is 24.8 Å². The van der Waals surface area contributed by atoms with Crippen molar-refractivity contribution < 1.29 is 33.4 Å². The summed E-state index contributed by atoms with van der Waals surface area (Å²) in [5.74, 6) is -1.92. The van der Waals surface area contributed by atoms with E-state index in [2.05, 4.69) is 10.6 Å². The van der Waals surface area contributed by atoms with E-state index in [1.807, 2.05) is 0 Å². The Bertz CT molecular complexity index is 1880. The number of aryl methyl sites for hydroxylation is 1. The molecular weight excluding hydrogens is 585 g/mol. The molecule has 5 N–H and O–H groups in total. The molecule has 0 saturated heterocycles. The second-order valence-electron chi connectivity index (χ2n) is 12.3. The molecule has 2 aromatic heterocycles. The highest BCUT2D eigenvalue weighted by atomic mass is 19.1. The van der Waals surface area contributed by atoms with Crippen LogP contribution in [-0.2, 0) is 49.0 Å². The van der Waals surface area contributed by atoms with Crippen molar-refractivity contribution in [3.05, 3.63) is 61.7 Å². The minimum atomic E-state index is -1.98. The number of cyclic esters (lactones) is 1. The van der Waals surface area contributed by atoms with E-state index in [0.29, 0.717) is 53.7 Å². The van der Waals surface area contributed by atoms with Gasteiger partial charge in [0.05, 0.1) is 41.6 Å². The van der Waals surface area contributed by atoms with E-state index in [-0.39, 0.29) is 49.9 Å². The summed E-state index contributed by atoms with van der Waals surface area (Å²) in [5, 5.41) is 17.7. The van der Waals surface area contributed by atoms with Crippen LogP contribution in [0.4, 0.5) is 4.39 Å². The first-order chi connectivity index (χ1) is 21.5. The zero-order chi connectivity index (χ0) is 31.8. The maximum absolute atomic E-state index is 15.2. The monoisotopic (exact) mass is 619 g/mol. The highest BCUT2D eigenvalue weighted by Crippen LogP contribution is 2.46. The number of amides is 2. The predicted molar refractivity (Wildman–Crippen MR) is 158 cm³/mol. The lowest BCUT2D eigenvalue weighted by Crippen LogP contribution is -2.56. The van der Waals surface area contributed by atoms with Crippen LogP contribution in [0.25, 0.3) is 22.3 Å². The van der Waals surface area contributed by atoms with Crippen molar-refractivity contribution in [2.24, 2.45) is 5.73 Å². The number of aromatic nitrogens is 2. The highest BCUT2D eigenvalue weighted by Gasteiger charge is 2.48. The molecule has 4 aliphatic rings. The van der Waals surface area contributed by atoms with E-state index < -0.39 is 40.5 Å². The van der Waals surface area contributed by atoms with Gasteiger partial charge in [-0.3, -0.25) is 14.4 Å². The van der Waals surface area contributed by atoms with Gasteiger partial charge in [0.15, 0.2) is 5.60 Å². The Hall–Kier alpha value is -4.20. The number of nitrogens with one attached hydrogen (secondary N) is 2. The van der Waals surface area contributed by atoms with E-state index in [9.17, 15) is 24.3 Å². The minimum Gasteiger partial charge on any atom is -0.458 e. The average molecular weight is 620 g/mol. The maximum Gasteiger partial charge on any atom is 0.343 e. The van der Waals surface area contributed by atoms with Crippen LogP contribution in [0.1, 0.15) is 78.5 Å². The third-order valence-electron chi connectivity index (χ3n) is 10.1. The van der Waals surface area contributed by atoms with Crippen LogP contribution in [0, 0.1) is 12.7 Å². The molecule has 2 aliphatic heterocycles. The third-order valence-corrected chi connectivity index (χ3v) is 10.1. The predicted octanol–water partition coefficient (Wildman–Crippen LogP) is 1.60. The van der Waals surface area contributed by atoms with Gasteiger partial charge in [-0.15, -0.1) is 0 Å². The molecule has 0 bridgehead atoms. The summed E-state index contributed by atoms with van der Waals surface area (Å²) in [5.41, 5.74) is 6.28. The van der Waals surface area contributed by atoms with Crippen molar-refractivity contribution in [1.82, 2.24) is 20.2 Å². The minimum absolute atomic E-state index is 0.00661. The molecule has 1 unspecified atom stereocenters. The van der Waals surface area contributed by atoms with Gasteiger partial charge in [0.2, 0.25) is 5.91 Å². The molecule has 4 heterocycles. The number of ether oxygens (including phenoxy) is 2. The number of halogens is 1. The Morgan fingerprint density at radius 1 is 1.24 bits per heavy atom. The van der Waals surface area contributed by atoms with Gasteiger partial charge in [0, 0.05) is 22.6 Å². The number of hydrogen-bond donors (Lipinski definition) is 4. The first-order valence-electron chi connectivity index (χ1n) is 15.3. The molecule has 1 saturated carbocycles. The topological polar surface area (TPSA) is 175 Å². The van der Waals surface area contributed by atoms with Crippen molar-refractivity contribution in [3.63, 3.8) is 0 Å². The number of carbonyl (C=O) groups excluding carboxylic acids is 3. The first kappa shape index (κ1) is 29.5. The molecule has 0 radical (unpaired) electrons. The fourth-order valence-electron chi connectivity index (χ4n) is 7.25. The maximum atomic E-state index is 15.2. The molecule has 7 rings (SSSR count). The number of esters is 1. The van der Waals surface area contributed by atoms with E-state index in [1.54, 1.807) is 19.9 Å². The number of rotatable bonds is 7. The van der Waals surface area contributed by atoms with E-state index in [4.69, 9.17) is 20.2 Å². The van der Waals surface area contributed by atoms with Gasteiger partial charge in [0.25, 0.3) is 11.5 Å². The van der Waals surface area contributed by atoms with E-state index >= 15 is 4.39 Å². The number of hydrogen-bond acceptors (Lipinski definition) is 9. The number of benzene rings is 1. The highest BCUT2D eigenvalue weighted by molar-refractivity contribution is 5.94. The fraction of sp³-hybridized carbons (Fsp3) is 0.469. The molecule has 2 aliphatic carbocycles. The normalized spacial score (nSPS) is 22.2. The molecule has 236 valence electrons. The number of carbonyl (C=O) groups is 3. The molecule has 3 aromatic rings. The van der Waals surface area contributed by atoms with Crippen LogP contribution in [0.3, 0.4) is 0 Å². The van der Waals surface area contributed by atoms with Gasteiger partial charge in [-0.1, -0.05) is 6.92 Å². The Labute approximate surface area is 257 Å². The quantitative estimate of drug-likeness (QED) is 0.177. The Kier molecular flexibility index (Phi) is 6.84. The van der Waals surface area contributed by atoms with Crippen LogP contribution in [-0.4, -0.2) is 51.3 Å². The largest absolute Gasteiger partial charge is 0.458 e. The van der Waals surface area contributed by atoms with E-state index in [1.165, 1.54) is 10.6 Å². The summed E-state index contributed by atoms with van der Waals surface area (Å²) < 4.78 is 27.8. The van der Waals surface area contributed by atoms with Crippen molar-refractivity contribution in [3.8, 4) is 11.4 Å². The number of pyridine rings is 2. The van der Waals surface area contributed by atoms with Crippen molar-refractivity contribution in [1.29, 1.82) is 0 Å². The zero-order valence-electron chi connectivity index (χ0n) is 25.0. The standard InChI is InChI=1S/C32H34FN5O7/c1-3-32(43)19-9-23-27-17(12-38(23)28(40)18(19)13-44-30(32)42)26-21(6-5-16-15(2)20(33)10-22(36-27)25(16)26)37-29(41)31(7-4-8-31)45-14-35-24(39)11-34/h9-10,21,43H,3-8,11-14,34H2,1-2H3,(H,35,39)(H,37,41)/t21-,32?/m0/s1. The second kappa shape index (κ2) is 10.4. The summed E-state index contributed by atoms with van der Waals surface area (Å²) in [6, 6.07) is 2.50. The van der Waals surface area contributed by atoms with Crippen molar-refractivity contribution >= 4 is 28.7 Å². The van der Waals surface area contributed by atoms with Gasteiger partial charge < -0.3 is 35.5 Å². The van der Waals surface area contributed by atoms with Crippen LogP contribution in [0.5, 0.6) is 0 Å². The fourth-order valence-corrected chi connectivity index (χ4v) is 7.25. The Morgan fingerprint density at radius 2 is 2.02 bits per heavy atom. The van der Waals surface area contributed by atoms with Crippen LogP contribution in [0.15, 0.2) is 16.9 Å². The lowest BCUT2D eigenvalue weighted by molar-refractivity contribution is -0.172. The zero-order valence-corrected chi connectivity index (χ0v) is 25.0. The molecule has 0 spiro atoms. The number of nitrogens with zero attached hydrogens (tertiary/aromatic N) is 2. The summed E-state index contributed by atoms with van der Waals surface area (Å²) in [7, 11) is 0. The molecule has 2 amide bonds. The molecule has 1 fully saturated rings. The number of nitrogens with two attached hydrogens (primary N) is 1. The summed E-state index contributed by atoms with van der Waals surface area (Å²) >= 11 is 0. The van der Waals surface area contributed by atoms with Crippen LogP contribution in [0.2, 0.25) is 0 Å². The summed E-state index contributed by atoms with van der Waals surface area (Å²) in [6.07, 6.45) is 2.76. The van der Waals surface area contributed by atoms with E-state index in [0.717, 1.165) is 22.9 Å². The third kappa shape index (κ3) is 4.24. The summed E-state index contributed by atoms with van der Waals surface area (Å²) in [4.78, 5) is 56.7. The lowest BCUT2D eigenvalue weighted by Gasteiger charge is -2.41. The molecule has 1 aromatic carbocycles. The summed E-state index contributed by atoms with van der Waals surface area (Å²) in [6.45, 7) is 2.91. The second-order valence-corrected chi connectivity index (χ2v) is 12.3. The van der Waals surface area contributed by atoms with Gasteiger partial charge in [-0.2, -0.15) is 0 Å². The van der Waals surface area contributed by atoms with Crippen LogP contribution >= 0.6 is 0 Å². The Balaban J connectivity index is 1.35. The molecule has 12 nitrogen and oxygen atoms in total. The van der Waals surface area contributed by atoms with Gasteiger partial charge in [-0.25, -0.2) is 14.2 Å². The molecule has 2 atom stereocenters. The molecular formula is C32H34FN5O7. The van der Waals surface area contributed by atoms with Gasteiger partial charge in [-0.05, 0) is 68.2 Å². The van der Waals surface area contributed by atoms with Crippen molar-refractivity contribution in [2.45, 2.75) is 82.8 Å². The SMILES string of the molecule is CCC1(O)C(=O)OCc2c1cc1n(c2=O)Cc2c-1nc1cc(F)c(C)c3c1c2[C@@H](NC(=O)C1(OCNC(=O)CN)CCC1)CC3. The molecule has 45 heavy (non-hydrogen) atoms. The molecule has 13 heteroatoms. The first-order valence-corrected chi connectivity index (χ1v) is 15.3.